The van der Waals surface area contributed by atoms with Gasteiger partial charge in [-0.05, 0) is 6.92 Å². The van der Waals surface area contributed by atoms with Crippen molar-refractivity contribution >= 4 is 23.7 Å². The minimum absolute atomic E-state index is 0.150. The molecule has 0 radical (unpaired) electrons. The summed E-state index contributed by atoms with van der Waals surface area (Å²) in [4.78, 5) is 34.1. The topological polar surface area (TPSA) is 139 Å². The number of nitrogens with one attached hydrogen (secondary N) is 1. The SMILES string of the molecule is Cc1cc(NC(=O)CN(CC(N)=O)CC(=O)O)on1. The number of aryl methyl sites for hydroxylation is 1. The molecule has 0 aromatic carbocycles. The predicted octanol–water partition coefficient (Wildman–Crippen LogP) is -1.21. The second-order valence-electron chi connectivity index (χ2n) is 3.89. The molecule has 0 saturated carbocycles. The van der Waals surface area contributed by atoms with E-state index >= 15 is 0 Å². The van der Waals surface area contributed by atoms with Gasteiger partial charge in [0, 0.05) is 6.07 Å². The Balaban J connectivity index is 2.54. The van der Waals surface area contributed by atoms with Crippen LogP contribution in [0.1, 0.15) is 5.69 Å². The van der Waals surface area contributed by atoms with Crippen molar-refractivity contribution in [3.8, 4) is 0 Å². The van der Waals surface area contributed by atoms with E-state index in [9.17, 15) is 14.4 Å². The van der Waals surface area contributed by atoms with E-state index in [-0.39, 0.29) is 19.0 Å². The predicted molar refractivity (Wildman–Crippen MR) is 63.1 cm³/mol. The Kier molecular flexibility index (Phi) is 5.01. The maximum Gasteiger partial charge on any atom is 0.317 e. The van der Waals surface area contributed by atoms with E-state index in [1.165, 1.54) is 6.07 Å². The van der Waals surface area contributed by atoms with E-state index < -0.39 is 24.3 Å². The van der Waals surface area contributed by atoms with Gasteiger partial charge in [0.2, 0.25) is 17.7 Å². The monoisotopic (exact) mass is 270 g/mol. The number of carboxylic acids is 1. The van der Waals surface area contributed by atoms with E-state index in [0.717, 1.165) is 4.90 Å². The summed E-state index contributed by atoms with van der Waals surface area (Å²) in [6, 6.07) is 1.51. The Morgan fingerprint density at radius 1 is 1.42 bits per heavy atom. The van der Waals surface area contributed by atoms with E-state index in [1.807, 2.05) is 0 Å². The minimum atomic E-state index is -1.16. The molecule has 0 aliphatic rings. The highest BCUT2D eigenvalue weighted by Gasteiger charge is 2.17. The van der Waals surface area contributed by atoms with Crippen molar-refractivity contribution in [2.75, 3.05) is 25.0 Å². The first-order valence-corrected chi connectivity index (χ1v) is 5.32. The summed E-state index contributed by atoms with van der Waals surface area (Å²) in [7, 11) is 0. The highest BCUT2D eigenvalue weighted by atomic mass is 16.5. The molecular weight excluding hydrogens is 256 g/mol. The van der Waals surface area contributed by atoms with E-state index in [1.54, 1.807) is 6.92 Å². The number of hydrogen-bond acceptors (Lipinski definition) is 6. The Hall–Kier alpha value is -2.42. The molecule has 1 aromatic rings. The summed E-state index contributed by atoms with van der Waals surface area (Å²) in [5, 5.41) is 14.6. The largest absolute Gasteiger partial charge is 0.480 e. The van der Waals surface area contributed by atoms with Crippen molar-refractivity contribution < 1.29 is 24.0 Å². The third-order valence-corrected chi connectivity index (χ3v) is 2.00. The first kappa shape index (κ1) is 14.6. The van der Waals surface area contributed by atoms with Crippen molar-refractivity contribution in [1.29, 1.82) is 0 Å². The fourth-order valence-corrected chi connectivity index (χ4v) is 1.38. The van der Waals surface area contributed by atoms with Crippen LogP contribution in [0.2, 0.25) is 0 Å². The van der Waals surface area contributed by atoms with Crippen molar-refractivity contribution in [2.24, 2.45) is 5.73 Å². The lowest BCUT2D eigenvalue weighted by Gasteiger charge is -2.16. The van der Waals surface area contributed by atoms with Crippen molar-refractivity contribution in [3.05, 3.63) is 11.8 Å². The summed E-state index contributed by atoms with van der Waals surface area (Å²) in [5.41, 5.74) is 5.56. The van der Waals surface area contributed by atoms with Gasteiger partial charge in [-0.25, -0.2) is 0 Å². The van der Waals surface area contributed by atoms with Gasteiger partial charge in [-0.2, -0.15) is 0 Å². The van der Waals surface area contributed by atoms with E-state index in [0.29, 0.717) is 5.69 Å². The van der Waals surface area contributed by atoms with Crippen molar-refractivity contribution in [3.63, 3.8) is 0 Å². The van der Waals surface area contributed by atoms with Gasteiger partial charge >= 0.3 is 5.97 Å². The maximum absolute atomic E-state index is 11.6. The molecule has 1 heterocycles. The molecule has 9 heteroatoms. The molecule has 0 aliphatic heterocycles. The molecule has 1 aromatic heterocycles. The molecule has 0 spiro atoms. The van der Waals surface area contributed by atoms with Gasteiger partial charge in [-0.1, -0.05) is 5.16 Å². The van der Waals surface area contributed by atoms with E-state index in [4.69, 9.17) is 15.4 Å². The number of anilines is 1. The number of amides is 2. The molecule has 104 valence electrons. The number of aromatic nitrogens is 1. The van der Waals surface area contributed by atoms with Crippen LogP contribution in [0, 0.1) is 6.92 Å². The zero-order valence-electron chi connectivity index (χ0n) is 10.3. The summed E-state index contributed by atoms with van der Waals surface area (Å²) in [5.74, 6) is -2.26. The van der Waals surface area contributed by atoms with Gasteiger partial charge in [0.1, 0.15) is 0 Å². The van der Waals surface area contributed by atoms with Gasteiger partial charge in [0.25, 0.3) is 0 Å². The van der Waals surface area contributed by atoms with Gasteiger partial charge in [0.15, 0.2) is 0 Å². The van der Waals surface area contributed by atoms with Crippen LogP contribution in [-0.4, -0.2) is 52.6 Å². The lowest BCUT2D eigenvalue weighted by atomic mass is 10.4. The number of rotatable bonds is 7. The average Bonchev–Trinajstić information content (AvgIpc) is 2.61. The van der Waals surface area contributed by atoms with Crippen LogP contribution in [0.15, 0.2) is 10.6 Å². The smallest absolute Gasteiger partial charge is 0.317 e. The number of aliphatic carboxylic acids is 1. The van der Waals surface area contributed by atoms with Crippen molar-refractivity contribution in [1.82, 2.24) is 10.1 Å². The molecular formula is C10H14N4O5. The maximum atomic E-state index is 11.6. The Labute approximate surface area is 108 Å². The number of carbonyl (C=O) groups excluding carboxylic acids is 2. The molecule has 0 unspecified atom stereocenters. The Morgan fingerprint density at radius 3 is 2.58 bits per heavy atom. The quantitative estimate of drug-likeness (QED) is 0.565. The number of carboxylic acid groups (broad SMARTS) is 1. The molecule has 2 amide bonds. The van der Waals surface area contributed by atoms with Crippen LogP contribution in [0.4, 0.5) is 5.88 Å². The minimum Gasteiger partial charge on any atom is -0.480 e. The molecule has 0 aliphatic carbocycles. The average molecular weight is 270 g/mol. The number of nitrogens with zero attached hydrogens (tertiary/aromatic N) is 2. The van der Waals surface area contributed by atoms with Crippen LogP contribution < -0.4 is 11.1 Å². The summed E-state index contributed by atoms with van der Waals surface area (Å²) in [6.45, 7) is 0.596. The molecule has 0 atom stereocenters. The third kappa shape index (κ3) is 5.64. The van der Waals surface area contributed by atoms with Crippen LogP contribution in [0.3, 0.4) is 0 Å². The highest BCUT2D eigenvalue weighted by Crippen LogP contribution is 2.07. The number of primary amides is 1. The van der Waals surface area contributed by atoms with Crippen LogP contribution in [0.5, 0.6) is 0 Å². The first-order chi connectivity index (χ1) is 8.86. The summed E-state index contributed by atoms with van der Waals surface area (Å²) < 4.78 is 4.77. The van der Waals surface area contributed by atoms with Crippen LogP contribution in [0.25, 0.3) is 0 Å². The zero-order valence-corrected chi connectivity index (χ0v) is 10.3. The highest BCUT2D eigenvalue weighted by molar-refractivity contribution is 5.91. The third-order valence-electron chi connectivity index (χ3n) is 2.00. The fraction of sp³-hybridized carbons (Fsp3) is 0.400. The molecule has 1 rings (SSSR count). The molecule has 0 fully saturated rings. The Bertz CT molecular complexity index is 468. The molecule has 0 saturated heterocycles. The second kappa shape index (κ2) is 6.50. The van der Waals surface area contributed by atoms with Gasteiger partial charge < -0.3 is 15.4 Å². The lowest BCUT2D eigenvalue weighted by molar-refractivity contribution is -0.138. The van der Waals surface area contributed by atoms with Gasteiger partial charge in [0.05, 0.1) is 25.3 Å². The summed E-state index contributed by atoms with van der Waals surface area (Å²) >= 11 is 0. The number of carbonyl (C=O) groups is 3. The van der Waals surface area contributed by atoms with Gasteiger partial charge in [-0.3, -0.25) is 24.6 Å². The van der Waals surface area contributed by atoms with Crippen molar-refractivity contribution in [2.45, 2.75) is 6.92 Å². The van der Waals surface area contributed by atoms with E-state index in [2.05, 4.69) is 10.5 Å². The summed E-state index contributed by atoms with van der Waals surface area (Å²) in [6.07, 6.45) is 0. The number of nitrogens with two attached hydrogens (primary N) is 1. The molecule has 19 heavy (non-hydrogen) atoms. The van der Waals surface area contributed by atoms with Crippen LogP contribution >= 0.6 is 0 Å². The fourth-order valence-electron chi connectivity index (χ4n) is 1.38. The normalized spacial score (nSPS) is 10.4. The first-order valence-electron chi connectivity index (χ1n) is 5.32. The number of hydrogen-bond donors (Lipinski definition) is 3. The second-order valence-corrected chi connectivity index (χ2v) is 3.89. The standard InChI is InChI=1S/C10H14N4O5/c1-6-2-9(19-13-6)12-8(16)4-14(3-7(11)15)5-10(17)18/h2H,3-5H2,1H3,(H2,11,15)(H,12,16)(H,17,18). The Morgan fingerprint density at radius 2 is 2.11 bits per heavy atom. The lowest BCUT2D eigenvalue weighted by Crippen LogP contribution is -2.41. The molecule has 4 N–H and O–H groups in total. The van der Waals surface area contributed by atoms with Gasteiger partial charge in [-0.15, -0.1) is 0 Å². The zero-order chi connectivity index (χ0) is 14.4. The van der Waals surface area contributed by atoms with Crippen LogP contribution in [-0.2, 0) is 14.4 Å². The molecule has 0 bridgehead atoms. The molecule has 9 nitrogen and oxygen atoms in total.